The van der Waals surface area contributed by atoms with Crippen molar-refractivity contribution in [2.45, 2.75) is 0 Å². The van der Waals surface area contributed by atoms with E-state index in [1.54, 1.807) is 6.07 Å². The lowest BCUT2D eigenvalue weighted by Gasteiger charge is -2.08. The zero-order valence-corrected chi connectivity index (χ0v) is 12.5. The maximum absolute atomic E-state index is 10.9. The Morgan fingerprint density at radius 1 is 1.40 bits per heavy atom. The van der Waals surface area contributed by atoms with Gasteiger partial charge < -0.3 is 9.47 Å². The van der Waals surface area contributed by atoms with Crippen molar-refractivity contribution >= 4 is 33.2 Å². The molecule has 0 aliphatic carbocycles. The lowest BCUT2D eigenvalue weighted by molar-refractivity contribution is -0.385. The number of nitro groups is 1. The smallest absolute Gasteiger partial charge is 0.314 e. The van der Waals surface area contributed by atoms with Crippen molar-refractivity contribution in [1.29, 1.82) is 0 Å². The summed E-state index contributed by atoms with van der Waals surface area (Å²) < 4.78 is 11.0. The topological polar surface area (TPSA) is 74.5 Å². The van der Waals surface area contributed by atoms with E-state index in [2.05, 4.69) is 20.9 Å². The van der Waals surface area contributed by atoms with Crippen molar-refractivity contribution in [2.75, 3.05) is 7.11 Å². The summed E-state index contributed by atoms with van der Waals surface area (Å²) in [7, 11) is 1.36. The predicted molar refractivity (Wildman–Crippen MR) is 76.7 cm³/mol. The van der Waals surface area contributed by atoms with E-state index in [1.165, 1.54) is 31.5 Å². The fraction of sp³-hybridized carbons (Fsp3) is 0.0833. The third kappa shape index (κ3) is 3.17. The van der Waals surface area contributed by atoms with Gasteiger partial charge in [-0.05, 0) is 34.1 Å². The zero-order valence-electron chi connectivity index (χ0n) is 10.2. The summed E-state index contributed by atoms with van der Waals surface area (Å²) in [4.78, 5) is 14.4. The van der Waals surface area contributed by atoms with Crippen LogP contribution >= 0.6 is 27.5 Å². The summed E-state index contributed by atoms with van der Waals surface area (Å²) in [6, 6.07) is 5.84. The molecule has 8 heteroatoms. The van der Waals surface area contributed by atoms with Crippen LogP contribution in [0.1, 0.15) is 0 Å². The van der Waals surface area contributed by atoms with Crippen LogP contribution in [0.3, 0.4) is 0 Å². The number of hydrogen-bond donors (Lipinski definition) is 0. The number of benzene rings is 1. The van der Waals surface area contributed by atoms with E-state index in [4.69, 9.17) is 21.1 Å². The minimum Gasteiger partial charge on any atom is -0.490 e. The number of nitro benzene ring substituents is 1. The minimum atomic E-state index is -0.553. The SMILES string of the molecule is COc1ccc(Oc2ncc(Br)cc2Cl)cc1[N+](=O)[O-]. The second-order valence-corrected chi connectivity index (χ2v) is 4.96. The first-order valence-corrected chi connectivity index (χ1v) is 6.49. The average Bonchev–Trinajstić information content (AvgIpc) is 2.41. The van der Waals surface area contributed by atoms with Gasteiger partial charge in [-0.1, -0.05) is 11.6 Å². The van der Waals surface area contributed by atoms with Crippen LogP contribution in [0.15, 0.2) is 34.9 Å². The van der Waals surface area contributed by atoms with E-state index >= 15 is 0 Å². The molecule has 0 saturated carbocycles. The Hall–Kier alpha value is -1.86. The van der Waals surface area contributed by atoms with Crippen LogP contribution in [0.2, 0.25) is 5.02 Å². The Balaban J connectivity index is 2.34. The van der Waals surface area contributed by atoms with E-state index in [-0.39, 0.29) is 28.1 Å². The van der Waals surface area contributed by atoms with Crippen LogP contribution in [0.5, 0.6) is 17.4 Å². The number of rotatable bonds is 4. The molecule has 0 atom stereocenters. The molecule has 104 valence electrons. The molecule has 0 aliphatic rings. The van der Waals surface area contributed by atoms with Crippen LogP contribution in [-0.2, 0) is 0 Å². The second kappa shape index (κ2) is 6.06. The monoisotopic (exact) mass is 358 g/mol. The molecule has 2 rings (SSSR count). The van der Waals surface area contributed by atoms with Gasteiger partial charge in [0.1, 0.15) is 10.8 Å². The van der Waals surface area contributed by atoms with Crippen molar-refractivity contribution in [3.63, 3.8) is 0 Å². The van der Waals surface area contributed by atoms with E-state index in [9.17, 15) is 10.1 Å². The average molecular weight is 360 g/mol. The van der Waals surface area contributed by atoms with Gasteiger partial charge >= 0.3 is 5.69 Å². The van der Waals surface area contributed by atoms with Gasteiger partial charge in [0.05, 0.1) is 18.1 Å². The summed E-state index contributed by atoms with van der Waals surface area (Å²) in [5, 5.41) is 11.2. The Kier molecular flexibility index (Phi) is 4.41. The van der Waals surface area contributed by atoms with Gasteiger partial charge in [0.25, 0.3) is 0 Å². The normalized spacial score (nSPS) is 10.2. The number of nitrogens with zero attached hydrogens (tertiary/aromatic N) is 2. The highest BCUT2D eigenvalue weighted by atomic mass is 79.9. The Morgan fingerprint density at radius 2 is 2.15 bits per heavy atom. The first kappa shape index (κ1) is 14.5. The first-order valence-electron chi connectivity index (χ1n) is 5.32. The molecule has 6 nitrogen and oxygen atoms in total. The molecular formula is C12H8BrClN2O4. The van der Waals surface area contributed by atoms with Crippen molar-refractivity contribution in [3.8, 4) is 17.4 Å². The highest BCUT2D eigenvalue weighted by Gasteiger charge is 2.17. The fourth-order valence-electron chi connectivity index (χ4n) is 1.46. The van der Waals surface area contributed by atoms with Gasteiger partial charge in [-0.3, -0.25) is 10.1 Å². The van der Waals surface area contributed by atoms with Crippen LogP contribution < -0.4 is 9.47 Å². The van der Waals surface area contributed by atoms with Crippen LogP contribution in [0.4, 0.5) is 5.69 Å². The van der Waals surface area contributed by atoms with Crippen LogP contribution in [0, 0.1) is 10.1 Å². The number of ether oxygens (including phenoxy) is 2. The Morgan fingerprint density at radius 3 is 2.75 bits per heavy atom. The molecule has 0 radical (unpaired) electrons. The van der Waals surface area contributed by atoms with Crippen LogP contribution in [0.25, 0.3) is 0 Å². The molecule has 0 fully saturated rings. The zero-order chi connectivity index (χ0) is 14.7. The van der Waals surface area contributed by atoms with Gasteiger partial charge in [-0.25, -0.2) is 4.98 Å². The number of hydrogen-bond acceptors (Lipinski definition) is 5. The van der Waals surface area contributed by atoms with Crippen molar-refractivity contribution in [3.05, 3.63) is 50.1 Å². The van der Waals surface area contributed by atoms with E-state index in [0.29, 0.717) is 4.47 Å². The van der Waals surface area contributed by atoms with Crippen molar-refractivity contribution in [1.82, 2.24) is 4.98 Å². The van der Waals surface area contributed by atoms with Gasteiger partial charge in [0, 0.05) is 10.7 Å². The predicted octanol–water partition coefficient (Wildman–Crippen LogP) is 4.21. The van der Waals surface area contributed by atoms with Gasteiger partial charge in [0.2, 0.25) is 5.88 Å². The lowest BCUT2D eigenvalue weighted by atomic mass is 10.3. The summed E-state index contributed by atoms with van der Waals surface area (Å²) in [6.45, 7) is 0. The summed E-state index contributed by atoms with van der Waals surface area (Å²) in [6.07, 6.45) is 1.51. The molecule has 2 aromatic rings. The molecule has 0 bridgehead atoms. The quantitative estimate of drug-likeness (QED) is 0.604. The standard InChI is InChI=1S/C12H8BrClN2O4/c1-19-11-3-2-8(5-10(11)16(17)18)20-12-9(14)4-7(13)6-15-12/h2-6H,1H3. The largest absolute Gasteiger partial charge is 0.490 e. The third-order valence-corrected chi connectivity index (χ3v) is 3.04. The maximum atomic E-state index is 10.9. The van der Waals surface area contributed by atoms with Gasteiger partial charge in [-0.15, -0.1) is 0 Å². The fourth-order valence-corrected chi connectivity index (χ4v) is 2.13. The van der Waals surface area contributed by atoms with E-state index in [1.807, 2.05) is 0 Å². The molecule has 1 aromatic heterocycles. The highest BCUT2D eigenvalue weighted by molar-refractivity contribution is 9.10. The van der Waals surface area contributed by atoms with Crippen molar-refractivity contribution in [2.24, 2.45) is 0 Å². The summed E-state index contributed by atoms with van der Waals surface area (Å²) >= 11 is 9.19. The number of halogens is 2. The molecule has 0 amide bonds. The highest BCUT2D eigenvalue weighted by Crippen LogP contribution is 2.34. The minimum absolute atomic E-state index is 0.150. The van der Waals surface area contributed by atoms with Crippen LogP contribution in [-0.4, -0.2) is 17.0 Å². The van der Waals surface area contributed by atoms with Gasteiger partial charge in [0.15, 0.2) is 5.75 Å². The molecule has 1 aromatic carbocycles. The first-order chi connectivity index (χ1) is 9.51. The number of methoxy groups -OCH3 is 1. The third-order valence-electron chi connectivity index (χ3n) is 2.34. The molecule has 0 unspecified atom stereocenters. The summed E-state index contributed by atoms with van der Waals surface area (Å²) in [5.74, 6) is 0.556. The molecule has 1 heterocycles. The van der Waals surface area contributed by atoms with Crippen molar-refractivity contribution < 1.29 is 14.4 Å². The molecule has 0 spiro atoms. The maximum Gasteiger partial charge on any atom is 0.314 e. The second-order valence-electron chi connectivity index (χ2n) is 3.63. The molecule has 20 heavy (non-hydrogen) atoms. The lowest BCUT2D eigenvalue weighted by Crippen LogP contribution is -1.95. The van der Waals surface area contributed by atoms with E-state index < -0.39 is 4.92 Å². The molecule has 0 N–H and O–H groups in total. The summed E-state index contributed by atoms with van der Waals surface area (Å²) in [5.41, 5.74) is -0.196. The van der Waals surface area contributed by atoms with Gasteiger partial charge in [-0.2, -0.15) is 0 Å². The Bertz CT molecular complexity index is 666. The molecular weight excluding hydrogens is 351 g/mol. The number of pyridine rings is 1. The van der Waals surface area contributed by atoms with E-state index in [0.717, 1.165) is 0 Å². The Labute approximate surface area is 127 Å². The molecule has 0 aliphatic heterocycles. The molecule has 0 saturated heterocycles. The number of aromatic nitrogens is 1.